The number of halogens is 1. The normalized spacial score (nSPS) is 9.50. The Morgan fingerprint density at radius 2 is 2.00 bits per heavy atom. The molecule has 0 N–H and O–H groups in total. The van der Waals surface area contributed by atoms with Crippen molar-refractivity contribution in [3.63, 3.8) is 0 Å². The van der Waals surface area contributed by atoms with Crippen LogP contribution in [0, 0.1) is 5.82 Å². The fourth-order valence-corrected chi connectivity index (χ4v) is 0.739. The Balaban J connectivity index is 2.64. The lowest BCUT2D eigenvalue weighted by Crippen LogP contribution is -2.07. The Labute approximate surface area is 70.4 Å². The first-order chi connectivity index (χ1) is 5.72. The number of benzene rings is 1. The lowest BCUT2D eigenvalue weighted by Gasteiger charge is -1.97. The lowest BCUT2D eigenvalue weighted by molar-refractivity contribution is -0.119. The summed E-state index contributed by atoms with van der Waals surface area (Å²) in [6, 6.07) is 5.51. The van der Waals surface area contributed by atoms with Crippen LogP contribution in [0.1, 0.15) is 13.3 Å². The molecule has 0 aliphatic heterocycles. The second-order valence-corrected chi connectivity index (χ2v) is 2.34. The zero-order valence-electron chi connectivity index (χ0n) is 6.75. The predicted octanol–water partition coefficient (Wildman–Crippen LogP) is 2.00. The largest absolute Gasteiger partial charge is 0.273 e. The van der Waals surface area contributed by atoms with Gasteiger partial charge in [-0.2, -0.15) is 0 Å². The summed E-state index contributed by atoms with van der Waals surface area (Å²) in [5.74, 6) is -0.514. The molecule has 2 nitrogen and oxygen atoms in total. The third-order valence-corrected chi connectivity index (χ3v) is 1.38. The quantitative estimate of drug-likeness (QED) is 0.661. The first-order valence-corrected chi connectivity index (χ1v) is 3.72. The van der Waals surface area contributed by atoms with E-state index in [1.165, 1.54) is 24.3 Å². The number of carbonyl (C=O) groups is 1. The van der Waals surface area contributed by atoms with E-state index >= 15 is 0 Å². The number of hydrogen-bond donors (Lipinski definition) is 0. The molecular formula is C9H9FNO. The van der Waals surface area contributed by atoms with Gasteiger partial charge in [-0.1, -0.05) is 6.92 Å². The minimum Gasteiger partial charge on any atom is -0.273 e. The summed E-state index contributed by atoms with van der Waals surface area (Å²) in [6.07, 6.45) is 0.372. The van der Waals surface area contributed by atoms with E-state index in [-0.39, 0.29) is 11.7 Å². The molecule has 0 bridgehead atoms. The Kier molecular flexibility index (Phi) is 2.80. The van der Waals surface area contributed by atoms with Gasteiger partial charge in [0.25, 0.3) is 0 Å². The molecule has 0 saturated heterocycles. The van der Waals surface area contributed by atoms with Gasteiger partial charge in [-0.3, -0.25) is 4.79 Å². The molecule has 0 aliphatic carbocycles. The highest BCUT2D eigenvalue weighted by atomic mass is 19.1. The van der Waals surface area contributed by atoms with Gasteiger partial charge < -0.3 is 0 Å². The van der Waals surface area contributed by atoms with E-state index < -0.39 is 0 Å². The van der Waals surface area contributed by atoms with Crippen LogP contribution in [0.2, 0.25) is 0 Å². The minimum absolute atomic E-state index is 0.193. The SMILES string of the molecule is CCC(=O)[N]c1ccc(F)cc1. The van der Waals surface area contributed by atoms with Crippen LogP contribution in [0.5, 0.6) is 0 Å². The fraction of sp³-hybridized carbons (Fsp3) is 0.222. The van der Waals surface area contributed by atoms with Crippen LogP contribution in [-0.2, 0) is 4.79 Å². The standard InChI is InChI=1S/C9H9FNO/c1-2-9(12)11-8-5-3-7(10)4-6-8/h3-6H,2H2,1H3. The predicted molar refractivity (Wildman–Crippen MR) is 43.5 cm³/mol. The van der Waals surface area contributed by atoms with Crippen molar-refractivity contribution in [2.75, 3.05) is 0 Å². The van der Waals surface area contributed by atoms with Gasteiger partial charge >= 0.3 is 0 Å². The topological polar surface area (TPSA) is 31.2 Å². The molecule has 12 heavy (non-hydrogen) atoms. The van der Waals surface area contributed by atoms with Crippen LogP contribution >= 0.6 is 0 Å². The summed E-state index contributed by atoms with van der Waals surface area (Å²) in [5.41, 5.74) is 0.503. The van der Waals surface area contributed by atoms with E-state index in [4.69, 9.17) is 0 Å². The summed E-state index contributed by atoms with van der Waals surface area (Å²) >= 11 is 0. The average molecular weight is 166 g/mol. The van der Waals surface area contributed by atoms with E-state index in [2.05, 4.69) is 5.32 Å². The molecule has 3 heteroatoms. The van der Waals surface area contributed by atoms with Crippen molar-refractivity contribution < 1.29 is 9.18 Å². The molecule has 0 unspecified atom stereocenters. The fourth-order valence-electron chi connectivity index (χ4n) is 0.739. The summed E-state index contributed by atoms with van der Waals surface area (Å²) < 4.78 is 12.4. The van der Waals surface area contributed by atoms with E-state index in [1.807, 2.05) is 0 Å². The molecule has 1 aromatic carbocycles. The molecule has 0 aromatic heterocycles. The zero-order valence-corrected chi connectivity index (χ0v) is 6.75. The maximum atomic E-state index is 12.4. The van der Waals surface area contributed by atoms with Crippen LogP contribution in [-0.4, -0.2) is 5.91 Å². The monoisotopic (exact) mass is 166 g/mol. The summed E-state index contributed by atoms with van der Waals surface area (Å²) in [4.78, 5) is 10.8. The first-order valence-electron chi connectivity index (χ1n) is 3.72. The van der Waals surface area contributed by atoms with Gasteiger partial charge in [-0.15, -0.1) is 0 Å². The molecule has 1 rings (SSSR count). The smallest absolute Gasteiger partial charge is 0.245 e. The van der Waals surface area contributed by atoms with Crippen molar-refractivity contribution in [2.45, 2.75) is 13.3 Å². The van der Waals surface area contributed by atoms with Crippen LogP contribution in [0.25, 0.3) is 0 Å². The summed E-state index contributed by atoms with van der Waals surface area (Å²) in [7, 11) is 0. The maximum absolute atomic E-state index is 12.4. The van der Waals surface area contributed by atoms with Crippen LogP contribution in [0.4, 0.5) is 10.1 Å². The van der Waals surface area contributed by atoms with Crippen molar-refractivity contribution in [1.29, 1.82) is 0 Å². The lowest BCUT2D eigenvalue weighted by atomic mass is 10.3. The molecule has 0 fully saturated rings. The zero-order chi connectivity index (χ0) is 8.97. The van der Waals surface area contributed by atoms with Gasteiger partial charge in [0.1, 0.15) is 5.82 Å². The van der Waals surface area contributed by atoms with Crippen LogP contribution < -0.4 is 5.32 Å². The number of nitrogens with zero attached hydrogens (tertiary/aromatic N) is 1. The van der Waals surface area contributed by atoms with E-state index in [1.54, 1.807) is 6.92 Å². The van der Waals surface area contributed by atoms with Crippen LogP contribution in [0.15, 0.2) is 24.3 Å². The molecule has 1 aromatic rings. The van der Waals surface area contributed by atoms with E-state index in [0.29, 0.717) is 12.1 Å². The van der Waals surface area contributed by atoms with E-state index in [9.17, 15) is 9.18 Å². The second-order valence-electron chi connectivity index (χ2n) is 2.34. The van der Waals surface area contributed by atoms with E-state index in [0.717, 1.165) is 0 Å². The van der Waals surface area contributed by atoms with Crippen molar-refractivity contribution in [1.82, 2.24) is 5.32 Å². The molecule has 0 aliphatic rings. The highest BCUT2D eigenvalue weighted by Crippen LogP contribution is 2.08. The van der Waals surface area contributed by atoms with Gasteiger partial charge in [0.2, 0.25) is 5.91 Å². The third-order valence-electron chi connectivity index (χ3n) is 1.38. The summed E-state index contributed by atoms with van der Waals surface area (Å²) in [6.45, 7) is 1.73. The Hall–Kier alpha value is -1.38. The minimum atomic E-state index is -0.321. The van der Waals surface area contributed by atoms with Crippen molar-refractivity contribution in [2.24, 2.45) is 0 Å². The highest BCUT2D eigenvalue weighted by molar-refractivity contribution is 5.80. The maximum Gasteiger partial charge on any atom is 0.245 e. The second kappa shape index (κ2) is 3.85. The molecule has 63 valence electrons. The molecule has 0 heterocycles. The Morgan fingerprint density at radius 3 is 2.50 bits per heavy atom. The molecule has 1 amide bonds. The Morgan fingerprint density at radius 1 is 1.42 bits per heavy atom. The van der Waals surface area contributed by atoms with Crippen molar-refractivity contribution in [3.8, 4) is 0 Å². The number of hydrogen-bond acceptors (Lipinski definition) is 1. The third kappa shape index (κ3) is 2.34. The van der Waals surface area contributed by atoms with Gasteiger partial charge in [-0.25, -0.2) is 9.71 Å². The van der Waals surface area contributed by atoms with Crippen LogP contribution in [0.3, 0.4) is 0 Å². The molecule has 0 spiro atoms. The molecule has 0 saturated carbocycles. The Bertz CT molecular complexity index is 268. The summed E-state index contributed by atoms with van der Waals surface area (Å²) in [5, 5.41) is 3.71. The molecule has 1 radical (unpaired) electrons. The average Bonchev–Trinajstić information content (AvgIpc) is 2.09. The van der Waals surface area contributed by atoms with Gasteiger partial charge in [0.05, 0.1) is 5.69 Å². The molecular weight excluding hydrogens is 157 g/mol. The molecule has 0 atom stereocenters. The van der Waals surface area contributed by atoms with Gasteiger partial charge in [0.15, 0.2) is 0 Å². The van der Waals surface area contributed by atoms with Gasteiger partial charge in [0, 0.05) is 6.42 Å². The number of carbonyl (C=O) groups excluding carboxylic acids is 1. The number of rotatable bonds is 2. The first kappa shape index (κ1) is 8.71. The van der Waals surface area contributed by atoms with Gasteiger partial charge in [-0.05, 0) is 24.3 Å². The van der Waals surface area contributed by atoms with Crippen molar-refractivity contribution >= 4 is 11.6 Å². The highest BCUT2D eigenvalue weighted by Gasteiger charge is 2.00. The number of amides is 1. The van der Waals surface area contributed by atoms with Crippen molar-refractivity contribution in [3.05, 3.63) is 30.1 Å².